The predicted octanol–water partition coefficient (Wildman–Crippen LogP) is 6.31. The van der Waals surface area contributed by atoms with Gasteiger partial charge in [0, 0.05) is 16.2 Å². The summed E-state index contributed by atoms with van der Waals surface area (Å²) in [5.41, 5.74) is 5.14. The Morgan fingerprint density at radius 2 is 1.90 bits per heavy atom. The Morgan fingerprint density at radius 3 is 2.63 bits per heavy atom. The minimum absolute atomic E-state index is 0.0829. The minimum Gasteiger partial charge on any atom is -0.506 e. The summed E-state index contributed by atoms with van der Waals surface area (Å²) < 4.78 is 7.03. The molecule has 3 rings (SSSR count). The number of phenols is 1. The van der Waals surface area contributed by atoms with Crippen molar-refractivity contribution in [3.8, 4) is 22.9 Å². The first-order valence-electron chi connectivity index (χ1n) is 9.52. The number of unbranched alkanes of at least 4 members (excludes halogenated alkanes) is 1. The number of aromatic hydroxyl groups is 1. The Balaban J connectivity index is 1.72. The van der Waals surface area contributed by atoms with Gasteiger partial charge in [-0.3, -0.25) is 5.43 Å². The third kappa shape index (κ3) is 6.03. The van der Waals surface area contributed by atoms with Crippen molar-refractivity contribution >= 4 is 43.9 Å². The van der Waals surface area contributed by atoms with Crippen molar-refractivity contribution in [2.45, 2.75) is 26.7 Å². The fraction of sp³-hybridized carbons (Fsp3) is 0.227. The van der Waals surface area contributed by atoms with Gasteiger partial charge in [-0.2, -0.15) is 5.10 Å². The highest BCUT2D eigenvalue weighted by atomic mass is 79.9. The number of hydrogen-bond donors (Lipinski definition) is 2. The van der Waals surface area contributed by atoms with Gasteiger partial charge in [0.05, 0.1) is 22.9 Å². The number of hydrogen-bond acceptors (Lipinski definition) is 6. The maximum absolute atomic E-state index is 10.4. The van der Waals surface area contributed by atoms with Crippen LogP contribution in [-0.2, 0) is 0 Å². The molecule has 0 bridgehead atoms. The molecule has 0 saturated heterocycles. The molecule has 6 nitrogen and oxygen atoms in total. The van der Waals surface area contributed by atoms with Crippen LogP contribution in [0.1, 0.15) is 31.0 Å². The van der Waals surface area contributed by atoms with Crippen molar-refractivity contribution in [3.05, 3.63) is 62.7 Å². The van der Waals surface area contributed by atoms with Gasteiger partial charge in [-0.15, -0.1) is 0 Å². The Kier molecular flexibility index (Phi) is 7.81. The first-order valence-corrected chi connectivity index (χ1v) is 11.1. The largest absolute Gasteiger partial charge is 0.506 e. The summed E-state index contributed by atoms with van der Waals surface area (Å²) in [5, 5.41) is 14.6. The summed E-state index contributed by atoms with van der Waals surface area (Å²) in [5.74, 6) is 1.87. The summed E-state index contributed by atoms with van der Waals surface area (Å²) in [4.78, 5) is 8.91. The number of hydrazone groups is 1. The number of anilines is 1. The molecule has 0 aliphatic carbocycles. The number of phenolic OH excluding ortho intramolecular Hbond substituents is 1. The van der Waals surface area contributed by atoms with Crippen LogP contribution in [0.25, 0.3) is 11.4 Å². The van der Waals surface area contributed by atoms with Gasteiger partial charge in [0.25, 0.3) is 0 Å². The lowest BCUT2D eigenvalue weighted by molar-refractivity contribution is 0.309. The van der Waals surface area contributed by atoms with Crippen LogP contribution in [0.5, 0.6) is 11.5 Å². The van der Waals surface area contributed by atoms with Gasteiger partial charge in [-0.05, 0) is 71.2 Å². The van der Waals surface area contributed by atoms with Crippen LogP contribution in [0.15, 0.2) is 56.5 Å². The predicted molar refractivity (Wildman–Crippen MR) is 127 cm³/mol. The highest BCUT2D eigenvalue weighted by Gasteiger charge is 2.13. The molecule has 2 aromatic carbocycles. The first-order chi connectivity index (χ1) is 14.5. The molecule has 0 spiro atoms. The highest BCUT2D eigenvalue weighted by molar-refractivity contribution is 9.11. The maximum Gasteiger partial charge on any atom is 0.165 e. The molecule has 0 radical (unpaired) electrons. The van der Waals surface area contributed by atoms with Crippen LogP contribution in [0, 0.1) is 6.92 Å². The van der Waals surface area contributed by atoms with Gasteiger partial charge < -0.3 is 9.84 Å². The first kappa shape index (κ1) is 22.2. The van der Waals surface area contributed by atoms with Gasteiger partial charge in [-0.25, -0.2) is 9.97 Å². The van der Waals surface area contributed by atoms with E-state index in [9.17, 15) is 5.11 Å². The Hall–Kier alpha value is -2.45. The summed E-state index contributed by atoms with van der Waals surface area (Å²) in [6.45, 7) is 4.73. The van der Waals surface area contributed by atoms with Crippen LogP contribution in [-0.4, -0.2) is 27.9 Å². The van der Waals surface area contributed by atoms with Gasteiger partial charge in [-0.1, -0.05) is 29.3 Å². The molecule has 0 amide bonds. The van der Waals surface area contributed by atoms with E-state index in [2.05, 4.69) is 59.3 Å². The van der Waals surface area contributed by atoms with E-state index in [1.165, 1.54) is 0 Å². The zero-order chi connectivity index (χ0) is 21.5. The van der Waals surface area contributed by atoms with E-state index in [0.717, 1.165) is 40.9 Å². The van der Waals surface area contributed by atoms with Crippen molar-refractivity contribution < 1.29 is 9.84 Å². The number of aromatic nitrogens is 2. The average Bonchev–Trinajstić information content (AvgIpc) is 2.71. The second-order valence-corrected chi connectivity index (χ2v) is 8.41. The number of nitrogens with zero attached hydrogens (tertiary/aromatic N) is 3. The molecule has 3 aromatic rings. The molecule has 1 heterocycles. The van der Waals surface area contributed by atoms with Crippen molar-refractivity contribution in [1.29, 1.82) is 0 Å². The number of aryl methyl sites for hydroxylation is 1. The summed E-state index contributed by atoms with van der Waals surface area (Å²) in [6.07, 6.45) is 3.86. The average molecular weight is 534 g/mol. The molecule has 2 N–H and O–H groups in total. The molecule has 156 valence electrons. The summed E-state index contributed by atoms with van der Waals surface area (Å²) >= 11 is 6.76. The van der Waals surface area contributed by atoms with Crippen molar-refractivity contribution in [3.63, 3.8) is 0 Å². The molecule has 8 heteroatoms. The monoisotopic (exact) mass is 532 g/mol. The van der Waals surface area contributed by atoms with Gasteiger partial charge in [0.2, 0.25) is 0 Å². The Morgan fingerprint density at radius 1 is 1.13 bits per heavy atom. The van der Waals surface area contributed by atoms with Crippen LogP contribution < -0.4 is 10.2 Å². The molecule has 1 aromatic heterocycles. The fourth-order valence-corrected chi connectivity index (χ4v) is 3.87. The molecule has 0 aliphatic rings. The fourth-order valence-electron chi connectivity index (χ4n) is 2.64. The van der Waals surface area contributed by atoms with E-state index >= 15 is 0 Å². The Bertz CT molecular complexity index is 1040. The molecular weight excluding hydrogens is 512 g/mol. The smallest absolute Gasteiger partial charge is 0.165 e. The number of rotatable bonds is 8. The lowest BCUT2D eigenvalue weighted by Crippen LogP contribution is -1.99. The number of halogens is 2. The molecule has 0 saturated carbocycles. The van der Waals surface area contributed by atoms with Gasteiger partial charge in [0.15, 0.2) is 11.6 Å². The van der Waals surface area contributed by atoms with E-state index < -0.39 is 0 Å². The molecule has 30 heavy (non-hydrogen) atoms. The van der Waals surface area contributed by atoms with Crippen molar-refractivity contribution in [2.75, 3.05) is 12.0 Å². The van der Waals surface area contributed by atoms with E-state index in [0.29, 0.717) is 21.7 Å². The Labute approximate surface area is 192 Å². The summed E-state index contributed by atoms with van der Waals surface area (Å²) in [7, 11) is 0. The quantitative estimate of drug-likeness (QED) is 0.201. The molecule has 0 unspecified atom stereocenters. The zero-order valence-electron chi connectivity index (χ0n) is 16.7. The lowest BCUT2D eigenvalue weighted by atomic mass is 10.2. The molecule has 0 aliphatic heterocycles. The third-order valence-electron chi connectivity index (χ3n) is 4.16. The van der Waals surface area contributed by atoms with Crippen molar-refractivity contribution in [2.24, 2.45) is 5.10 Å². The van der Waals surface area contributed by atoms with E-state index in [4.69, 9.17) is 4.74 Å². The van der Waals surface area contributed by atoms with Gasteiger partial charge >= 0.3 is 0 Å². The van der Waals surface area contributed by atoms with Crippen LogP contribution in [0.2, 0.25) is 0 Å². The molecular formula is C22H22Br2N4O2. The summed E-state index contributed by atoms with van der Waals surface area (Å²) in [6, 6.07) is 13.1. The topological polar surface area (TPSA) is 79.6 Å². The second-order valence-electron chi connectivity index (χ2n) is 6.64. The standard InChI is InChI=1S/C22H22Br2N4O2/c1-3-4-9-30-17-7-5-15(6-8-17)13-25-28-20-10-14(2)26-22(27-20)18-11-16(23)12-19(24)21(18)29/h5-8,10-13,29H,3-4,9H2,1-2H3,(H,26,27,28). The number of nitrogens with one attached hydrogen (secondary N) is 1. The van der Waals surface area contributed by atoms with Crippen LogP contribution in [0.4, 0.5) is 5.82 Å². The van der Waals surface area contributed by atoms with Gasteiger partial charge in [0.1, 0.15) is 11.5 Å². The van der Waals surface area contributed by atoms with E-state index in [1.807, 2.05) is 31.2 Å². The molecule has 0 atom stereocenters. The third-order valence-corrected chi connectivity index (χ3v) is 5.23. The SMILES string of the molecule is CCCCOc1ccc(C=NNc2cc(C)nc(-c3cc(Br)cc(Br)c3O)n2)cc1. The van der Waals surface area contributed by atoms with Crippen LogP contribution >= 0.6 is 31.9 Å². The lowest BCUT2D eigenvalue weighted by Gasteiger charge is -2.09. The van der Waals surface area contributed by atoms with E-state index in [-0.39, 0.29) is 5.75 Å². The van der Waals surface area contributed by atoms with Crippen LogP contribution in [0.3, 0.4) is 0 Å². The molecule has 0 fully saturated rings. The van der Waals surface area contributed by atoms with Crippen molar-refractivity contribution in [1.82, 2.24) is 9.97 Å². The van der Waals surface area contributed by atoms with E-state index in [1.54, 1.807) is 24.4 Å². The zero-order valence-corrected chi connectivity index (χ0v) is 19.9. The number of ether oxygens (including phenoxy) is 1. The normalized spacial score (nSPS) is 11.1. The highest BCUT2D eigenvalue weighted by Crippen LogP contribution is 2.37. The number of benzene rings is 2. The second kappa shape index (κ2) is 10.5. The minimum atomic E-state index is 0.0829. The maximum atomic E-state index is 10.4.